The van der Waals surface area contributed by atoms with Crippen molar-refractivity contribution in [1.82, 2.24) is 4.90 Å². The van der Waals surface area contributed by atoms with Crippen molar-refractivity contribution in [3.8, 4) is 11.5 Å². The monoisotopic (exact) mass is 439 g/mol. The van der Waals surface area contributed by atoms with Crippen molar-refractivity contribution in [2.24, 2.45) is 17.8 Å². The Balaban J connectivity index is 1.30. The van der Waals surface area contributed by atoms with E-state index in [0.717, 1.165) is 64.3 Å². The number of alkyl halides is 1. The number of fused-ring (bicyclic) bond motifs is 1. The highest BCUT2D eigenvalue weighted by Gasteiger charge is 2.36. The molecule has 1 N–H and O–H groups in total. The number of nitrogens with zero attached hydrogens (tertiary/aromatic N) is 1. The van der Waals surface area contributed by atoms with Crippen molar-refractivity contribution in [1.29, 1.82) is 0 Å². The number of ether oxygens (including phenoxy) is 2. The molecule has 172 valence electrons. The van der Waals surface area contributed by atoms with Gasteiger partial charge in [0.1, 0.15) is 18.1 Å². The normalized spacial score (nSPS) is 24.7. The van der Waals surface area contributed by atoms with Crippen LogP contribution in [0.15, 0.2) is 42.5 Å². The molecule has 0 aromatic heterocycles. The van der Waals surface area contributed by atoms with Crippen LogP contribution in [0.4, 0.5) is 4.39 Å². The fraction of sp³-hybridized carbons (Fsp3) is 0.556. The minimum absolute atomic E-state index is 0.211. The van der Waals surface area contributed by atoms with E-state index in [4.69, 9.17) is 9.47 Å². The zero-order valence-electron chi connectivity index (χ0n) is 18.7. The third kappa shape index (κ3) is 4.65. The van der Waals surface area contributed by atoms with Gasteiger partial charge < -0.3 is 14.6 Å². The van der Waals surface area contributed by atoms with Crippen molar-refractivity contribution < 1.29 is 19.0 Å². The number of aryl methyl sites for hydroxylation is 1. The highest BCUT2D eigenvalue weighted by atomic mass is 19.1. The average Bonchev–Trinajstić information content (AvgIpc) is 2.80. The summed E-state index contributed by atoms with van der Waals surface area (Å²) in [6.07, 6.45) is 4.45. The van der Waals surface area contributed by atoms with Gasteiger partial charge in [0.25, 0.3) is 0 Å². The van der Waals surface area contributed by atoms with E-state index in [9.17, 15) is 9.50 Å². The van der Waals surface area contributed by atoms with E-state index in [1.807, 2.05) is 12.1 Å². The molecule has 2 fully saturated rings. The average molecular weight is 440 g/mol. The first-order valence-corrected chi connectivity index (χ1v) is 12.1. The van der Waals surface area contributed by atoms with Gasteiger partial charge in [-0.25, -0.2) is 0 Å². The molecular weight excluding hydrogens is 405 g/mol. The second kappa shape index (κ2) is 9.80. The highest BCUT2D eigenvalue weighted by molar-refractivity contribution is 5.45. The van der Waals surface area contributed by atoms with Crippen LogP contribution >= 0.6 is 0 Å². The Labute approximate surface area is 190 Å². The fourth-order valence-corrected chi connectivity index (χ4v) is 5.93. The Morgan fingerprint density at radius 3 is 2.56 bits per heavy atom. The third-order valence-corrected chi connectivity index (χ3v) is 7.67. The summed E-state index contributed by atoms with van der Waals surface area (Å²) in [7, 11) is 0. The first-order valence-electron chi connectivity index (χ1n) is 12.1. The molecule has 5 rings (SSSR count). The zero-order valence-corrected chi connectivity index (χ0v) is 18.7. The van der Waals surface area contributed by atoms with Gasteiger partial charge in [-0.3, -0.25) is 9.29 Å². The summed E-state index contributed by atoms with van der Waals surface area (Å²) in [5.74, 6) is 3.08. The molecule has 5 heteroatoms. The van der Waals surface area contributed by atoms with Crippen LogP contribution in [-0.2, 0) is 11.2 Å². The molecule has 32 heavy (non-hydrogen) atoms. The molecule has 1 aliphatic carbocycles. The number of phenols is 1. The molecule has 2 atom stereocenters. The zero-order chi connectivity index (χ0) is 21.9. The molecule has 0 spiro atoms. The summed E-state index contributed by atoms with van der Waals surface area (Å²) in [6, 6.07) is 14.5. The minimum atomic E-state index is -0.211. The lowest BCUT2D eigenvalue weighted by molar-refractivity contribution is 0.0404. The van der Waals surface area contributed by atoms with E-state index in [1.54, 1.807) is 0 Å². The number of hydrogen-bond donors (Lipinski definition) is 1. The highest BCUT2D eigenvalue weighted by Crippen LogP contribution is 2.47. The molecule has 4 nitrogen and oxygen atoms in total. The molecule has 0 saturated carbocycles. The number of likely N-dealkylation sites (tertiary alicyclic amines) is 1. The predicted molar refractivity (Wildman–Crippen MR) is 123 cm³/mol. The van der Waals surface area contributed by atoms with Gasteiger partial charge >= 0.3 is 0 Å². The van der Waals surface area contributed by atoms with Gasteiger partial charge in [0.15, 0.2) is 0 Å². The van der Waals surface area contributed by atoms with E-state index in [2.05, 4.69) is 35.2 Å². The van der Waals surface area contributed by atoms with Crippen LogP contribution in [0.1, 0.15) is 41.9 Å². The molecule has 3 aliphatic rings. The van der Waals surface area contributed by atoms with Gasteiger partial charge in [-0.05, 0) is 78.5 Å². The van der Waals surface area contributed by atoms with E-state index < -0.39 is 0 Å². The lowest BCUT2D eigenvalue weighted by Crippen LogP contribution is -2.49. The Hall–Kier alpha value is -2.11. The summed E-state index contributed by atoms with van der Waals surface area (Å²) in [6.45, 7) is 4.71. The second-order valence-electron chi connectivity index (χ2n) is 9.71. The number of hydrogen-bond acceptors (Lipinski definition) is 4. The molecule has 0 radical (unpaired) electrons. The Bertz CT molecular complexity index is 890. The maximum atomic E-state index is 12.6. The van der Waals surface area contributed by atoms with E-state index in [-0.39, 0.29) is 12.6 Å². The number of phenolic OH excluding ortho intramolecular Hbond substituents is 1. The molecule has 0 amide bonds. The van der Waals surface area contributed by atoms with E-state index in [1.165, 1.54) is 16.7 Å². The van der Waals surface area contributed by atoms with Crippen molar-refractivity contribution in [3.05, 3.63) is 59.2 Å². The Kier molecular flexibility index (Phi) is 6.65. The van der Waals surface area contributed by atoms with Crippen molar-refractivity contribution in [2.45, 2.75) is 31.6 Å². The van der Waals surface area contributed by atoms with Crippen molar-refractivity contribution in [3.63, 3.8) is 0 Å². The van der Waals surface area contributed by atoms with Crippen LogP contribution < -0.4 is 4.74 Å². The third-order valence-electron chi connectivity index (χ3n) is 7.67. The van der Waals surface area contributed by atoms with Crippen LogP contribution in [0, 0.1) is 17.8 Å². The minimum Gasteiger partial charge on any atom is -0.508 e. The molecule has 2 saturated heterocycles. The summed E-state index contributed by atoms with van der Waals surface area (Å²) in [4.78, 5) is 2.24. The molecule has 2 aromatic carbocycles. The van der Waals surface area contributed by atoms with Crippen LogP contribution in [0.3, 0.4) is 0 Å². The molecule has 2 aliphatic heterocycles. The molecular formula is C27H34FNO3. The van der Waals surface area contributed by atoms with Crippen LogP contribution in [-0.4, -0.2) is 56.1 Å². The van der Waals surface area contributed by atoms with Gasteiger partial charge in [-0.15, -0.1) is 0 Å². The quantitative estimate of drug-likeness (QED) is 0.673. The number of rotatable bonds is 7. The number of halogens is 1. The second-order valence-corrected chi connectivity index (χ2v) is 9.71. The van der Waals surface area contributed by atoms with Crippen molar-refractivity contribution in [2.75, 3.05) is 46.1 Å². The molecule has 2 aromatic rings. The Morgan fingerprint density at radius 1 is 1.03 bits per heavy atom. The van der Waals surface area contributed by atoms with E-state index in [0.29, 0.717) is 30.1 Å². The first-order chi connectivity index (χ1) is 15.7. The van der Waals surface area contributed by atoms with Gasteiger partial charge in [-0.2, -0.15) is 0 Å². The lowest BCUT2D eigenvalue weighted by Gasteiger charge is -2.40. The van der Waals surface area contributed by atoms with Gasteiger partial charge in [-0.1, -0.05) is 18.2 Å². The van der Waals surface area contributed by atoms with Crippen LogP contribution in [0.5, 0.6) is 11.5 Å². The summed E-state index contributed by atoms with van der Waals surface area (Å²) in [5.41, 5.74) is 3.97. The van der Waals surface area contributed by atoms with Gasteiger partial charge in [0, 0.05) is 44.7 Å². The van der Waals surface area contributed by atoms with Gasteiger partial charge in [0.05, 0.1) is 6.67 Å². The summed E-state index contributed by atoms with van der Waals surface area (Å²) >= 11 is 0. The largest absolute Gasteiger partial charge is 0.508 e. The number of aromatic hydroxyl groups is 1. The van der Waals surface area contributed by atoms with E-state index >= 15 is 0 Å². The van der Waals surface area contributed by atoms with Crippen molar-refractivity contribution >= 4 is 0 Å². The Morgan fingerprint density at radius 2 is 1.81 bits per heavy atom. The fourth-order valence-electron chi connectivity index (χ4n) is 5.93. The predicted octanol–water partition coefficient (Wildman–Crippen LogP) is 4.79. The summed E-state index contributed by atoms with van der Waals surface area (Å²) < 4.78 is 24.2. The molecule has 2 heterocycles. The standard InChI is InChI=1S/C27H34FNO3/c28-16-19-17-29(18-19)11-14-32-24-5-1-21(2-6-24)27-25(20-9-12-31-13-10-20)7-3-22-15-23(30)4-8-26(22)27/h1-2,4-6,8,15,19-20,25,27,30H,3,7,9-14,16-18H2/t25?,27-/m0/s1. The lowest BCUT2D eigenvalue weighted by atomic mass is 9.65. The smallest absolute Gasteiger partial charge is 0.119 e. The number of benzene rings is 2. The first kappa shape index (κ1) is 21.7. The maximum absolute atomic E-state index is 12.6. The van der Waals surface area contributed by atoms with Crippen LogP contribution in [0.25, 0.3) is 0 Å². The topological polar surface area (TPSA) is 41.9 Å². The maximum Gasteiger partial charge on any atom is 0.119 e. The van der Waals surface area contributed by atoms with Crippen LogP contribution in [0.2, 0.25) is 0 Å². The van der Waals surface area contributed by atoms with Gasteiger partial charge in [0.2, 0.25) is 0 Å². The molecule has 1 unspecified atom stereocenters. The molecule has 0 bridgehead atoms. The summed E-state index contributed by atoms with van der Waals surface area (Å²) in [5, 5.41) is 10.0. The SMILES string of the molecule is Oc1ccc2c(c1)CCC(C1CCOCC1)[C@@H]2c1ccc(OCCN2CC(CF)C2)cc1.